The van der Waals surface area contributed by atoms with Gasteiger partial charge >= 0.3 is 6.85 Å². The van der Waals surface area contributed by atoms with Gasteiger partial charge in [-0.25, -0.2) is 15.0 Å². The smallest absolute Gasteiger partial charge is 0.321 e. The van der Waals surface area contributed by atoms with E-state index in [2.05, 4.69) is 120 Å². The van der Waals surface area contributed by atoms with E-state index in [1.807, 2.05) is 60.7 Å². The fraction of sp³-hybridized carbons (Fsp3) is 0. The quantitative estimate of drug-likeness (QED) is 0.182. The van der Waals surface area contributed by atoms with E-state index < -0.39 is 0 Å². The van der Waals surface area contributed by atoms with Crippen LogP contribution in [0.25, 0.3) is 62.1 Å². The summed E-state index contributed by atoms with van der Waals surface area (Å²) in [6, 6.07) is 55.1. The molecule has 0 N–H and O–H groups in total. The van der Waals surface area contributed by atoms with Gasteiger partial charge in [0.2, 0.25) is 0 Å². The summed E-state index contributed by atoms with van der Waals surface area (Å²) in [7, 11) is 0. The summed E-state index contributed by atoms with van der Waals surface area (Å²) in [4.78, 5) is 17.5. The normalized spacial score (nSPS) is 13.0. The molecule has 3 heterocycles. The Balaban J connectivity index is 1.25. The third kappa shape index (κ3) is 4.93. The zero-order chi connectivity index (χ0) is 31.9. The molecule has 0 bridgehead atoms. The van der Waals surface area contributed by atoms with Crippen LogP contribution < -0.4 is 10.3 Å². The number of aromatic nitrogens is 3. The molecule has 0 unspecified atom stereocenters. The first-order chi connectivity index (χ1) is 23.8. The van der Waals surface area contributed by atoms with E-state index in [9.17, 15) is 0 Å². The first kappa shape index (κ1) is 27.9. The number of allylic oxidation sites excluding steroid dienone is 2. The number of hydrogen-bond acceptors (Lipinski definition) is 4. The molecule has 4 nitrogen and oxygen atoms in total. The molecule has 0 aliphatic carbocycles. The molecular weight excluding hydrogens is 583 g/mol. The molecule has 6 aromatic carbocycles. The first-order valence-corrected chi connectivity index (χ1v) is 16.2. The Bertz CT molecular complexity index is 2280. The Morgan fingerprint density at radius 1 is 0.417 bits per heavy atom. The van der Waals surface area contributed by atoms with Crippen molar-refractivity contribution >= 4 is 23.7 Å². The van der Waals surface area contributed by atoms with Crippen LogP contribution in [-0.4, -0.2) is 21.8 Å². The highest BCUT2D eigenvalue weighted by molar-refractivity contribution is 6.85. The number of rotatable bonds is 5. The van der Waals surface area contributed by atoms with Gasteiger partial charge in [-0.2, -0.15) is 0 Å². The van der Waals surface area contributed by atoms with Gasteiger partial charge in [0.1, 0.15) is 0 Å². The molecular formula is C43H29BN4. The van der Waals surface area contributed by atoms with Crippen LogP contribution in [0, 0.1) is 0 Å². The molecule has 0 fully saturated rings. The first-order valence-electron chi connectivity index (χ1n) is 16.2. The Labute approximate surface area is 280 Å². The van der Waals surface area contributed by atoms with Crippen molar-refractivity contribution in [2.24, 2.45) is 0 Å². The fourth-order valence-electron chi connectivity index (χ4n) is 6.84. The van der Waals surface area contributed by atoms with Crippen molar-refractivity contribution in [3.8, 4) is 56.4 Å². The molecule has 0 radical (unpaired) electrons. The molecule has 5 heteroatoms. The fourth-order valence-corrected chi connectivity index (χ4v) is 6.84. The molecule has 0 atom stereocenters. The van der Waals surface area contributed by atoms with E-state index in [1.165, 1.54) is 33.4 Å². The van der Waals surface area contributed by atoms with Gasteiger partial charge in [-0.1, -0.05) is 152 Å². The van der Waals surface area contributed by atoms with Gasteiger partial charge in [-0.05, 0) is 52.0 Å². The van der Waals surface area contributed by atoms with Gasteiger partial charge in [0, 0.05) is 33.6 Å². The summed E-state index contributed by atoms with van der Waals surface area (Å²) in [5.74, 6) is 4.26. The average molecular weight is 613 g/mol. The van der Waals surface area contributed by atoms with Gasteiger partial charge < -0.3 is 4.81 Å². The number of nitrogens with zero attached hydrogens (tertiary/aromatic N) is 4. The molecule has 0 saturated carbocycles. The maximum Gasteiger partial charge on any atom is 0.321 e. The lowest BCUT2D eigenvalue weighted by atomic mass is 9.48. The van der Waals surface area contributed by atoms with E-state index in [0.717, 1.165) is 27.9 Å². The van der Waals surface area contributed by atoms with E-state index >= 15 is 0 Å². The maximum absolute atomic E-state index is 5.04. The zero-order valence-electron chi connectivity index (χ0n) is 26.1. The van der Waals surface area contributed by atoms with Crippen molar-refractivity contribution in [3.63, 3.8) is 0 Å². The van der Waals surface area contributed by atoms with Crippen molar-refractivity contribution < 1.29 is 0 Å². The van der Waals surface area contributed by atoms with Gasteiger partial charge in [0.05, 0.1) is 0 Å². The minimum atomic E-state index is 0.0498. The van der Waals surface area contributed by atoms with Crippen LogP contribution in [-0.2, 0) is 0 Å². The SMILES string of the molecule is C1=CB2c3cc(-c4ccccc4)ccc3-c3cc(-c4nc(-c5ccccc5)nc(-c5ccccc5)n4)ccc3N2C(c2ccccc2)=C1. The molecule has 9 rings (SSSR count). The second-order valence-corrected chi connectivity index (χ2v) is 12.1. The lowest BCUT2D eigenvalue weighted by molar-refractivity contribution is 1.07. The summed E-state index contributed by atoms with van der Waals surface area (Å²) in [6.07, 6.45) is 4.42. The Morgan fingerprint density at radius 2 is 0.938 bits per heavy atom. The lowest BCUT2D eigenvalue weighted by Gasteiger charge is -2.40. The third-order valence-corrected chi connectivity index (χ3v) is 9.14. The predicted molar refractivity (Wildman–Crippen MR) is 198 cm³/mol. The van der Waals surface area contributed by atoms with Crippen LogP contribution in [0.1, 0.15) is 5.56 Å². The molecule has 0 spiro atoms. The van der Waals surface area contributed by atoms with Gasteiger partial charge in [-0.3, -0.25) is 0 Å². The van der Waals surface area contributed by atoms with Crippen LogP contribution in [0.15, 0.2) is 176 Å². The van der Waals surface area contributed by atoms with Crippen molar-refractivity contribution in [1.82, 2.24) is 15.0 Å². The largest absolute Gasteiger partial charge is 0.376 e. The minimum absolute atomic E-state index is 0.0498. The number of benzene rings is 6. The van der Waals surface area contributed by atoms with Gasteiger partial charge in [0.25, 0.3) is 0 Å². The second-order valence-electron chi connectivity index (χ2n) is 12.1. The average Bonchev–Trinajstić information content (AvgIpc) is 3.18. The van der Waals surface area contributed by atoms with E-state index in [0.29, 0.717) is 17.5 Å². The van der Waals surface area contributed by atoms with Crippen LogP contribution in [0.3, 0.4) is 0 Å². The van der Waals surface area contributed by atoms with Gasteiger partial charge in [0.15, 0.2) is 17.5 Å². The number of anilines is 1. The summed E-state index contributed by atoms with van der Waals surface area (Å²) in [5.41, 5.74) is 12.4. The molecule has 2 aliphatic rings. The Hall–Kier alpha value is -6.33. The Morgan fingerprint density at radius 3 is 1.54 bits per heavy atom. The van der Waals surface area contributed by atoms with E-state index in [-0.39, 0.29) is 6.85 Å². The van der Waals surface area contributed by atoms with Crippen molar-refractivity contribution in [2.75, 3.05) is 4.81 Å². The van der Waals surface area contributed by atoms with Crippen LogP contribution in [0.5, 0.6) is 0 Å². The van der Waals surface area contributed by atoms with E-state index in [4.69, 9.17) is 15.0 Å². The van der Waals surface area contributed by atoms with Crippen molar-refractivity contribution in [2.45, 2.75) is 0 Å². The molecule has 2 aliphatic heterocycles. The van der Waals surface area contributed by atoms with Crippen molar-refractivity contribution in [1.29, 1.82) is 0 Å². The molecule has 224 valence electrons. The molecule has 48 heavy (non-hydrogen) atoms. The van der Waals surface area contributed by atoms with E-state index in [1.54, 1.807) is 0 Å². The molecule has 1 aromatic heterocycles. The third-order valence-electron chi connectivity index (χ3n) is 9.14. The Kier molecular flexibility index (Phi) is 6.87. The highest BCUT2D eigenvalue weighted by atomic mass is 15.1. The summed E-state index contributed by atoms with van der Waals surface area (Å²) in [6.45, 7) is 0.0498. The summed E-state index contributed by atoms with van der Waals surface area (Å²) < 4.78 is 0. The second kappa shape index (κ2) is 11.8. The van der Waals surface area contributed by atoms with Gasteiger partial charge in [-0.15, -0.1) is 0 Å². The lowest BCUT2D eigenvalue weighted by Crippen LogP contribution is -2.51. The number of fused-ring (bicyclic) bond motifs is 6. The highest BCUT2D eigenvalue weighted by Gasteiger charge is 2.37. The van der Waals surface area contributed by atoms with Crippen molar-refractivity contribution in [3.05, 3.63) is 181 Å². The highest BCUT2D eigenvalue weighted by Crippen LogP contribution is 2.43. The van der Waals surface area contributed by atoms with Crippen LogP contribution >= 0.6 is 0 Å². The molecule has 7 aromatic rings. The molecule has 0 amide bonds. The monoisotopic (exact) mass is 612 g/mol. The minimum Gasteiger partial charge on any atom is -0.376 e. The summed E-state index contributed by atoms with van der Waals surface area (Å²) >= 11 is 0. The maximum atomic E-state index is 5.04. The molecule has 0 saturated heterocycles. The zero-order valence-corrected chi connectivity index (χ0v) is 26.1. The summed E-state index contributed by atoms with van der Waals surface area (Å²) in [5, 5.41) is 0. The predicted octanol–water partition coefficient (Wildman–Crippen LogP) is 9.38. The number of hydrogen-bond donors (Lipinski definition) is 0. The topological polar surface area (TPSA) is 41.9 Å². The van der Waals surface area contributed by atoms with Crippen LogP contribution in [0.4, 0.5) is 5.69 Å². The standard InChI is InChI=1S/C43H29BN4/c1-5-14-30(15-6-1)34-23-25-36-37-28-35(43-46-41(32-18-9-3-10-19-32)45-42(47-43)33-20-11-4-12-21-33)24-26-40(37)48-39(31-16-7-2-8-17-31)22-13-27-44(48)38(36)29-34/h1-29H. The van der Waals surface area contributed by atoms with Crippen LogP contribution in [0.2, 0.25) is 0 Å².